The van der Waals surface area contributed by atoms with Gasteiger partial charge in [0.2, 0.25) is 11.5 Å². The Hall–Kier alpha value is -4.39. The fourth-order valence-electron chi connectivity index (χ4n) is 7.35. The monoisotopic (exact) mass is 799 g/mol. The molecule has 54 heavy (non-hydrogen) atoms. The highest BCUT2D eigenvalue weighted by Crippen LogP contribution is 2.47. The number of thiophene rings is 2. The molecule has 19 heteroatoms. The van der Waals surface area contributed by atoms with Crippen molar-refractivity contribution in [2.24, 2.45) is 5.41 Å². The van der Waals surface area contributed by atoms with Crippen molar-refractivity contribution < 1.29 is 45.5 Å². The number of fused-ring (bicyclic) bond motifs is 1. The van der Waals surface area contributed by atoms with Crippen LogP contribution >= 0.6 is 22.7 Å². The average molecular weight is 800 g/mol. The van der Waals surface area contributed by atoms with Gasteiger partial charge in [-0.3, -0.25) is 24.5 Å². The molecule has 0 aromatic carbocycles. The third kappa shape index (κ3) is 7.74. The van der Waals surface area contributed by atoms with Gasteiger partial charge in [0, 0.05) is 47.4 Å². The maximum atomic E-state index is 15.5. The average Bonchev–Trinajstić information content (AvgIpc) is 3.78. The molecule has 6 rings (SSSR count). The number of rotatable bonds is 11. The molecule has 4 aromatic heterocycles. The Morgan fingerprint density at radius 3 is 2.48 bits per heavy atom. The van der Waals surface area contributed by atoms with Crippen LogP contribution in [-0.4, -0.2) is 72.6 Å². The van der Waals surface area contributed by atoms with Crippen molar-refractivity contribution in [2.45, 2.75) is 95.9 Å². The number of hydrogen-bond donors (Lipinski definition) is 3. The van der Waals surface area contributed by atoms with Crippen LogP contribution in [0.25, 0.3) is 0 Å². The summed E-state index contributed by atoms with van der Waals surface area (Å²) in [5, 5.41) is 15.0. The summed E-state index contributed by atoms with van der Waals surface area (Å²) >= 11 is 1.78. The number of amides is 3. The van der Waals surface area contributed by atoms with E-state index in [1.165, 1.54) is 16.2 Å². The van der Waals surface area contributed by atoms with Crippen molar-refractivity contribution in [3.05, 3.63) is 73.6 Å². The second-order valence-corrected chi connectivity index (χ2v) is 15.9. The smallest absolute Gasteiger partial charge is 0.425 e. The molecule has 0 spiro atoms. The van der Waals surface area contributed by atoms with Crippen LogP contribution in [0, 0.1) is 5.41 Å². The van der Waals surface area contributed by atoms with Crippen LogP contribution in [0.5, 0.6) is 5.75 Å². The van der Waals surface area contributed by atoms with Crippen molar-refractivity contribution in [1.82, 2.24) is 35.5 Å². The number of alkyl halides is 6. The number of H-pyrrole nitrogens is 2. The van der Waals surface area contributed by atoms with Gasteiger partial charge in [0.1, 0.15) is 16.3 Å². The number of hydrogen-bond acceptors (Lipinski definition) is 8. The quantitative estimate of drug-likeness (QED) is 0.136. The molecule has 6 heterocycles. The Morgan fingerprint density at radius 1 is 1.07 bits per heavy atom. The number of piperidine rings is 1. The number of halogens is 6. The zero-order valence-corrected chi connectivity index (χ0v) is 31.2. The van der Waals surface area contributed by atoms with Crippen LogP contribution in [0.15, 0.2) is 41.2 Å². The Labute approximate surface area is 314 Å². The van der Waals surface area contributed by atoms with Crippen molar-refractivity contribution in [3.63, 3.8) is 0 Å². The van der Waals surface area contributed by atoms with Crippen LogP contribution in [0.1, 0.15) is 96.1 Å². The lowest BCUT2D eigenvalue weighted by atomic mass is 9.77. The molecule has 4 aromatic rings. The predicted octanol–water partition coefficient (Wildman–Crippen LogP) is 7.37. The molecule has 1 unspecified atom stereocenters. The Bertz CT molecular complexity index is 1960. The summed E-state index contributed by atoms with van der Waals surface area (Å²) in [6, 6.07) is 2.67. The van der Waals surface area contributed by atoms with Gasteiger partial charge in [-0.15, -0.1) is 27.8 Å². The minimum Gasteiger partial charge on any atom is -0.474 e. The van der Waals surface area contributed by atoms with E-state index in [0.717, 1.165) is 40.2 Å². The molecule has 2 aliphatic heterocycles. The standard InChI is InChI=1S/C35H39F6N7O4S2/c1-4-7-24-33(52-21-16-25(54-19-21)35(39,40)41,11-6-13-48(24)29(49)27-22(34(36,37)38)8-5-12-42-27)31(51)47-14-9-20-10-15-53-28(20)23(47)17-32(2,3)30(50)43-18-26-44-46-45-26/h5,8,10,12,15-16,19,23-24,46H,4,6-7,9,11,13-14,17-18H2,1-3H3,(H,43,50)(H,44,45)/t23?,24-,33+/m1/s1. The molecule has 0 aliphatic carbocycles. The summed E-state index contributed by atoms with van der Waals surface area (Å²) in [7, 11) is 0. The topological polar surface area (TPSA) is 136 Å². The summed E-state index contributed by atoms with van der Waals surface area (Å²) in [6.45, 7) is 5.50. The minimum absolute atomic E-state index is 0.0423. The first kappa shape index (κ1) is 39.3. The normalized spacial score (nSPS) is 20.8. The third-order valence-corrected chi connectivity index (χ3v) is 12.0. The highest BCUT2D eigenvalue weighted by atomic mass is 32.1. The lowest BCUT2D eigenvalue weighted by molar-refractivity contribution is -0.163. The van der Waals surface area contributed by atoms with Crippen LogP contribution in [0.4, 0.5) is 26.3 Å². The molecule has 1 saturated heterocycles. The van der Waals surface area contributed by atoms with Gasteiger partial charge in [0.25, 0.3) is 11.8 Å². The fourth-order valence-corrected chi connectivity index (χ4v) is 9.09. The number of likely N-dealkylation sites (tertiary alicyclic amines) is 1. The lowest BCUT2D eigenvalue weighted by Crippen LogP contribution is -2.68. The van der Waals surface area contributed by atoms with E-state index in [0.29, 0.717) is 30.0 Å². The number of aromatic amines is 2. The molecule has 0 bridgehead atoms. The highest BCUT2D eigenvalue weighted by molar-refractivity contribution is 7.10. The molecule has 2 aliphatic rings. The van der Waals surface area contributed by atoms with Gasteiger partial charge >= 0.3 is 12.4 Å². The summed E-state index contributed by atoms with van der Waals surface area (Å²) in [4.78, 5) is 49.6. The number of pyridine rings is 1. The molecule has 1 fully saturated rings. The van der Waals surface area contributed by atoms with Gasteiger partial charge in [-0.2, -0.15) is 26.3 Å². The maximum absolute atomic E-state index is 15.5. The van der Waals surface area contributed by atoms with E-state index in [-0.39, 0.29) is 57.0 Å². The van der Waals surface area contributed by atoms with Crippen molar-refractivity contribution in [2.75, 3.05) is 13.1 Å². The van der Waals surface area contributed by atoms with Crippen LogP contribution in [0.3, 0.4) is 0 Å². The van der Waals surface area contributed by atoms with Crippen molar-refractivity contribution in [3.8, 4) is 5.75 Å². The molecule has 0 saturated carbocycles. The molecule has 3 N–H and O–H groups in total. The van der Waals surface area contributed by atoms with Gasteiger partial charge in [-0.05, 0) is 54.8 Å². The first-order chi connectivity index (χ1) is 25.5. The Kier molecular flexibility index (Phi) is 10.9. The number of aromatic nitrogens is 4. The second-order valence-electron chi connectivity index (χ2n) is 14.1. The first-order valence-electron chi connectivity index (χ1n) is 17.4. The molecule has 11 nitrogen and oxygen atoms in total. The van der Waals surface area contributed by atoms with Gasteiger partial charge < -0.3 is 19.9 Å². The van der Waals surface area contributed by atoms with E-state index < -0.39 is 63.4 Å². The summed E-state index contributed by atoms with van der Waals surface area (Å²) in [5.74, 6) is -1.74. The molecule has 292 valence electrons. The second kappa shape index (κ2) is 15.0. The summed E-state index contributed by atoms with van der Waals surface area (Å²) in [6.07, 6.45) is -7.50. The summed E-state index contributed by atoms with van der Waals surface area (Å²) < 4.78 is 90.3. The zero-order chi connectivity index (χ0) is 39.1. The number of nitrogens with one attached hydrogen (secondary N) is 3. The predicted molar refractivity (Wildman–Crippen MR) is 187 cm³/mol. The highest BCUT2D eigenvalue weighted by Gasteiger charge is 2.57. The minimum atomic E-state index is -4.92. The zero-order valence-electron chi connectivity index (χ0n) is 29.6. The van der Waals surface area contributed by atoms with E-state index >= 15 is 4.79 Å². The first-order valence-corrected chi connectivity index (χ1v) is 19.1. The van der Waals surface area contributed by atoms with Crippen LogP contribution in [-0.2, 0) is 34.9 Å². The molecule has 3 atom stereocenters. The molecular formula is C35H39F6N7O4S2. The fraction of sp³-hybridized carbons (Fsp3) is 0.514. The van der Waals surface area contributed by atoms with Crippen LogP contribution < -0.4 is 10.1 Å². The summed E-state index contributed by atoms with van der Waals surface area (Å²) in [5.41, 5.74) is -4.18. The number of nitrogens with zero attached hydrogens (tertiary/aromatic N) is 4. The number of ether oxygens (including phenoxy) is 1. The van der Waals surface area contributed by atoms with Crippen molar-refractivity contribution in [1.29, 1.82) is 0 Å². The Balaban J connectivity index is 1.43. The van der Waals surface area contributed by atoms with E-state index in [1.807, 2.05) is 11.4 Å². The van der Waals surface area contributed by atoms with Gasteiger partial charge in [-0.1, -0.05) is 27.2 Å². The lowest BCUT2D eigenvalue weighted by Gasteiger charge is -2.51. The molecule has 3 amide bonds. The van der Waals surface area contributed by atoms with Crippen LogP contribution in [0.2, 0.25) is 0 Å². The van der Waals surface area contributed by atoms with E-state index in [9.17, 15) is 35.9 Å². The van der Waals surface area contributed by atoms with Gasteiger partial charge in [-0.25, -0.2) is 5.21 Å². The third-order valence-electron chi connectivity index (χ3n) is 9.99. The van der Waals surface area contributed by atoms with Crippen molar-refractivity contribution >= 4 is 40.4 Å². The number of carbonyl (C=O) groups excluding carboxylic acids is 3. The van der Waals surface area contributed by atoms with Gasteiger partial charge in [0.05, 0.1) is 24.2 Å². The molecule has 0 radical (unpaired) electrons. The molecular weight excluding hydrogens is 761 g/mol. The SMILES string of the molecule is CCC[C@H]1N(C(=O)c2ncccc2C(F)(F)F)CCC[C@@]1(Oc1csc(C(F)(F)F)c1)C(=O)N1CCc2ccsc2C1CC(C)(C)C(=O)NCc1n[nH][nH]1. The van der Waals surface area contributed by atoms with Gasteiger partial charge in [0.15, 0.2) is 5.82 Å². The van der Waals surface area contributed by atoms with E-state index in [4.69, 9.17) is 4.74 Å². The maximum Gasteiger partial charge on any atom is 0.425 e. The van der Waals surface area contributed by atoms with E-state index in [1.54, 1.807) is 25.7 Å². The Morgan fingerprint density at radius 2 is 1.83 bits per heavy atom. The number of carbonyl (C=O) groups is 3. The largest absolute Gasteiger partial charge is 0.474 e. The van der Waals surface area contributed by atoms with E-state index in [2.05, 4.69) is 25.7 Å².